The van der Waals surface area contributed by atoms with Crippen molar-refractivity contribution in [1.29, 1.82) is 0 Å². The number of rotatable bonds is 5. The van der Waals surface area contributed by atoms with Crippen LogP contribution in [0.2, 0.25) is 0 Å². The maximum Gasteiger partial charge on any atom is 0.160 e. The van der Waals surface area contributed by atoms with Gasteiger partial charge < -0.3 is 10.5 Å². The Morgan fingerprint density at radius 2 is 2.06 bits per heavy atom. The van der Waals surface area contributed by atoms with Crippen molar-refractivity contribution < 1.29 is 9.53 Å². The highest BCUT2D eigenvalue weighted by Crippen LogP contribution is 2.20. The Bertz CT molecular complexity index is 367. The van der Waals surface area contributed by atoms with Crippen LogP contribution in [0.3, 0.4) is 0 Å². The fraction of sp³-hybridized carbons (Fsp3) is 0.308. The van der Waals surface area contributed by atoms with Crippen molar-refractivity contribution in [3.05, 3.63) is 47.7 Å². The number of ketones is 1. The van der Waals surface area contributed by atoms with Crippen molar-refractivity contribution in [2.45, 2.75) is 19.4 Å². The molecule has 1 atom stereocenters. The molecule has 0 saturated carbocycles. The molecule has 0 aliphatic rings. The van der Waals surface area contributed by atoms with E-state index in [1.807, 2.05) is 30.3 Å². The highest BCUT2D eigenvalue weighted by molar-refractivity contribution is 5.90. The Morgan fingerprint density at radius 1 is 1.44 bits per heavy atom. The molecule has 1 aromatic carbocycles. The molecule has 86 valence electrons. The summed E-state index contributed by atoms with van der Waals surface area (Å²) >= 11 is 0. The molecule has 1 unspecified atom stereocenters. The topological polar surface area (TPSA) is 52.3 Å². The minimum Gasteiger partial charge on any atom is -0.402 e. The minimum absolute atomic E-state index is 0.0179. The van der Waals surface area contributed by atoms with Crippen LogP contribution in [0.5, 0.6) is 0 Å². The van der Waals surface area contributed by atoms with Crippen LogP contribution in [0, 0.1) is 0 Å². The van der Waals surface area contributed by atoms with Gasteiger partial charge in [0, 0.05) is 19.2 Å². The SMILES string of the molecule is COC(CC(=O)C=C(C)N)c1ccccc1. The lowest BCUT2D eigenvalue weighted by Crippen LogP contribution is -2.08. The van der Waals surface area contributed by atoms with E-state index in [2.05, 4.69) is 0 Å². The molecule has 0 radical (unpaired) electrons. The maximum atomic E-state index is 11.6. The largest absolute Gasteiger partial charge is 0.402 e. The Kier molecular flexibility index (Phi) is 4.73. The van der Waals surface area contributed by atoms with Crippen molar-refractivity contribution in [3.63, 3.8) is 0 Å². The first-order valence-electron chi connectivity index (χ1n) is 5.18. The molecule has 16 heavy (non-hydrogen) atoms. The van der Waals surface area contributed by atoms with Crippen LogP contribution < -0.4 is 5.73 Å². The molecule has 0 spiro atoms. The average Bonchev–Trinajstić information content (AvgIpc) is 2.26. The zero-order chi connectivity index (χ0) is 12.0. The number of nitrogens with two attached hydrogens (primary N) is 1. The minimum atomic E-state index is -0.204. The summed E-state index contributed by atoms with van der Waals surface area (Å²) in [5.74, 6) is -0.0179. The third-order valence-corrected chi connectivity index (χ3v) is 2.23. The van der Waals surface area contributed by atoms with Crippen LogP contribution in [0.1, 0.15) is 25.0 Å². The lowest BCUT2D eigenvalue weighted by atomic mass is 10.0. The molecular formula is C13H17NO2. The zero-order valence-corrected chi connectivity index (χ0v) is 9.64. The molecular weight excluding hydrogens is 202 g/mol. The summed E-state index contributed by atoms with van der Waals surface area (Å²) in [6.07, 6.45) is 1.55. The second kappa shape index (κ2) is 6.08. The molecule has 0 fully saturated rings. The number of allylic oxidation sites excluding steroid dienone is 2. The number of carbonyl (C=O) groups is 1. The molecule has 0 aliphatic carbocycles. The Balaban J connectivity index is 2.70. The van der Waals surface area contributed by atoms with Crippen molar-refractivity contribution >= 4 is 5.78 Å². The molecule has 2 N–H and O–H groups in total. The van der Waals surface area contributed by atoms with Crippen molar-refractivity contribution in [2.75, 3.05) is 7.11 Å². The predicted octanol–water partition coefficient (Wildman–Crippen LogP) is 2.20. The van der Waals surface area contributed by atoms with Gasteiger partial charge in [0.05, 0.1) is 6.10 Å². The smallest absolute Gasteiger partial charge is 0.160 e. The van der Waals surface area contributed by atoms with E-state index in [-0.39, 0.29) is 11.9 Å². The van der Waals surface area contributed by atoms with Crippen molar-refractivity contribution in [1.82, 2.24) is 0 Å². The molecule has 0 aliphatic heterocycles. The van der Waals surface area contributed by atoms with Gasteiger partial charge in [0.2, 0.25) is 0 Å². The second-order valence-corrected chi connectivity index (χ2v) is 3.69. The van der Waals surface area contributed by atoms with Crippen LogP contribution in [0.4, 0.5) is 0 Å². The maximum absolute atomic E-state index is 11.6. The van der Waals surface area contributed by atoms with Gasteiger partial charge >= 0.3 is 0 Å². The normalized spacial score (nSPS) is 13.5. The first-order valence-corrected chi connectivity index (χ1v) is 5.18. The molecule has 3 nitrogen and oxygen atoms in total. The third-order valence-electron chi connectivity index (χ3n) is 2.23. The molecule has 0 aromatic heterocycles. The standard InChI is InChI=1S/C13H17NO2/c1-10(14)8-12(15)9-13(16-2)11-6-4-3-5-7-11/h3-8,13H,9,14H2,1-2H3. The number of benzene rings is 1. The number of ether oxygens (including phenoxy) is 1. The third kappa shape index (κ3) is 3.87. The molecule has 1 rings (SSSR count). The van der Waals surface area contributed by atoms with Gasteiger partial charge in [0.15, 0.2) is 5.78 Å². The number of hydrogen-bond donors (Lipinski definition) is 1. The number of carbonyl (C=O) groups excluding carboxylic acids is 1. The van der Waals surface area contributed by atoms with Gasteiger partial charge in [0.25, 0.3) is 0 Å². The van der Waals surface area contributed by atoms with E-state index >= 15 is 0 Å². The van der Waals surface area contributed by atoms with Gasteiger partial charge in [-0.15, -0.1) is 0 Å². The molecule has 0 saturated heterocycles. The number of hydrogen-bond acceptors (Lipinski definition) is 3. The summed E-state index contributed by atoms with van der Waals surface area (Å²) in [7, 11) is 1.60. The summed E-state index contributed by atoms with van der Waals surface area (Å²) in [5, 5.41) is 0. The van der Waals surface area contributed by atoms with Gasteiger partial charge in [-0.1, -0.05) is 30.3 Å². The Hall–Kier alpha value is -1.61. The van der Waals surface area contributed by atoms with Crippen LogP contribution in [0.15, 0.2) is 42.1 Å². The lowest BCUT2D eigenvalue weighted by molar-refractivity contribution is -0.117. The molecule has 1 aromatic rings. The van der Waals surface area contributed by atoms with E-state index < -0.39 is 0 Å². The Morgan fingerprint density at radius 3 is 2.56 bits per heavy atom. The van der Waals surface area contributed by atoms with Crippen LogP contribution in [0.25, 0.3) is 0 Å². The fourth-order valence-electron chi connectivity index (χ4n) is 1.50. The van der Waals surface area contributed by atoms with Gasteiger partial charge in [-0.05, 0) is 18.6 Å². The van der Waals surface area contributed by atoms with Crippen LogP contribution >= 0.6 is 0 Å². The van der Waals surface area contributed by atoms with Crippen LogP contribution in [-0.4, -0.2) is 12.9 Å². The zero-order valence-electron chi connectivity index (χ0n) is 9.64. The fourth-order valence-corrected chi connectivity index (χ4v) is 1.50. The van der Waals surface area contributed by atoms with Crippen molar-refractivity contribution in [2.24, 2.45) is 5.73 Å². The average molecular weight is 219 g/mol. The highest BCUT2D eigenvalue weighted by atomic mass is 16.5. The molecule has 0 heterocycles. The second-order valence-electron chi connectivity index (χ2n) is 3.69. The molecule has 0 bridgehead atoms. The van der Waals surface area contributed by atoms with Crippen LogP contribution in [-0.2, 0) is 9.53 Å². The van der Waals surface area contributed by atoms with E-state index in [0.29, 0.717) is 12.1 Å². The summed E-state index contributed by atoms with van der Waals surface area (Å²) in [6.45, 7) is 1.70. The quantitative estimate of drug-likeness (QED) is 0.772. The van der Waals surface area contributed by atoms with E-state index in [1.165, 1.54) is 6.08 Å². The first-order chi connectivity index (χ1) is 7.63. The molecule has 0 amide bonds. The monoisotopic (exact) mass is 219 g/mol. The number of methoxy groups -OCH3 is 1. The van der Waals surface area contributed by atoms with Gasteiger partial charge in [0.1, 0.15) is 0 Å². The van der Waals surface area contributed by atoms with E-state index in [1.54, 1.807) is 14.0 Å². The van der Waals surface area contributed by atoms with Gasteiger partial charge in [-0.3, -0.25) is 4.79 Å². The molecule has 3 heteroatoms. The van der Waals surface area contributed by atoms with Gasteiger partial charge in [-0.2, -0.15) is 0 Å². The first kappa shape index (κ1) is 12.5. The summed E-state index contributed by atoms with van der Waals surface area (Å²) in [6, 6.07) is 9.68. The van der Waals surface area contributed by atoms with E-state index in [0.717, 1.165) is 5.56 Å². The summed E-state index contributed by atoms with van der Waals surface area (Å²) in [4.78, 5) is 11.6. The Labute approximate surface area is 95.9 Å². The predicted molar refractivity (Wildman–Crippen MR) is 63.8 cm³/mol. The summed E-state index contributed by atoms with van der Waals surface area (Å²) in [5.41, 5.74) is 6.97. The van der Waals surface area contributed by atoms with E-state index in [9.17, 15) is 4.79 Å². The highest BCUT2D eigenvalue weighted by Gasteiger charge is 2.13. The van der Waals surface area contributed by atoms with Gasteiger partial charge in [-0.25, -0.2) is 0 Å². The lowest BCUT2D eigenvalue weighted by Gasteiger charge is -2.13. The van der Waals surface area contributed by atoms with Crippen molar-refractivity contribution in [3.8, 4) is 0 Å². The summed E-state index contributed by atoms with van der Waals surface area (Å²) < 4.78 is 5.30. The van der Waals surface area contributed by atoms with E-state index in [4.69, 9.17) is 10.5 Å².